The van der Waals surface area contributed by atoms with Gasteiger partial charge in [0.15, 0.2) is 0 Å². The van der Waals surface area contributed by atoms with E-state index in [0.717, 1.165) is 30.6 Å². The fraction of sp³-hybridized carbons (Fsp3) is 0.235. The molecule has 1 heterocycles. The van der Waals surface area contributed by atoms with Gasteiger partial charge in [-0.2, -0.15) is 0 Å². The lowest BCUT2D eigenvalue weighted by Gasteiger charge is -2.26. The highest BCUT2D eigenvalue weighted by molar-refractivity contribution is 5.94. The minimum Gasteiger partial charge on any atom is -0.384 e. The van der Waals surface area contributed by atoms with Crippen LogP contribution in [0.25, 0.3) is 0 Å². The van der Waals surface area contributed by atoms with Crippen molar-refractivity contribution >= 4 is 17.5 Å². The van der Waals surface area contributed by atoms with Crippen LogP contribution in [0.1, 0.15) is 45.0 Å². The number of hydrogen-bond donors (Lipinski definition) is 2. The summed E-state index contributed by atoms with van der Waals surface area (Å²) in [7, 11) is 0. The number of hydrogen-bond acceptors (Lipinski definition) is 3. The lowest BCUT2D eigenvalue weighted by molar-refractivity contribution is -0.120. The monoisotopic (exact) mass is 517 g/mol. The molecule has 0 radical (unpaired) electrons. The first-order valence-corrected chi connectivity index (χ1v) is 13.7. The molecule has 2 N–H and O–H groups in total. The van der Waals surface area contributed by atoms with Crippen molar-refractivity contribution in [2.75, 3.05) is 31.5 Å². The number of fused-ring (bicyclic) bond motifs is 1. The van der Waals surface area contributed by atoms with Gasteiger partial charge in [-0.25, -0.2) is 0 Å². The van der Waals surface area contributed by atoms with Gasteiger partial charge in [0, 0.05) is 43.3 Å². The Hall–Kier alpha value is -4.38. The highest BCUT2D eigenvalue weighted by atomic mass is 16.2. The van der Waals surface area contributed by atoms with Gasteiger partial charge in [0.2, 0.25) is 5.91 Å². The Kier molecular flexibility index (Phi) is 8.69. The molecule has 1 aliphatic heterocycles. The van der Waals surface area contributed by atoms with Crippen molar-refractivity contribution < 1.29 is 9.59 Å². The molecule has 1 aliphatic rings. The summed E-state index contributed by atoms with van der Waals surface area (Å²) in [6.07, 6.45) is 2.08. The van der Waals surface area contributed by atoms with E-state index in [-0.39, 0.29) is 17.7 Å². The average molecular weight is 518 g/mol. The van der Waals surface area contributed by atoms with E-state index in [1.165, 1.54) is 16.7 Å². The maximum atomic E-state index is 13.5. The number of carbonyl (C=O) groups excluding carboxylic acids is 2. The molecule has 5 nitrogen and oxygen atoms in total. The van der Waals surface area contributed by atoms with E-state index in [1.54, 1.807) is 0 Å². The van der Waals surface area contributed by atoms with Crippen molar-refractivity contribution in [3.63, 3.8) is 0 Å². The van der Waals surface area contributed by atoms with Crippen LogP contribution in [-0.2, 0) is 17.6 Å². The molecule has 2 amide bonds. The van der Waals surface area contributed by atoms with Gasteiger partial charge < -0.3 is 15.5 Å². The molecular formula is C34H35N3O2. The van der Waals surface area contributed by atoms with E-state index in [1.807, 2.05) is 59.5 Å². The molecule has 0 bridgehead atoms. The fourth-order valence-electron chi connectivity index (χ4n) is 5.41. The molecule has 4 aromatic carbocycles. The van der Waals surface area contributed by atoms with Gasteiger partial charge in [0.05, 0.1) is 6.42 Å². The zero-order valence-corrected chi connectivity index (χ0v) is 22.2. The Labute approximate surface area is 230 Å². The summed E-state index contributed by atoms with van der Waals surface area (Å²) in [6.45, 7) is 2.35. The number of carbonyl (C=O) groups is 2. The summed E-state index contributed by atoms with van der Waals surface area (Å²) in [5.74, 6) is 0.132. The summed E-state index contributed by atoms with van der Waals surface area (Å²) in [5, 5.41) is 6.43. The lowest BCUT2D eigenvalue weighted by Crippen LogP contribution is -2.40. The molecule has 39 heavy (non-hydrogen) atoms. The number of rotatable bonds is 11. The zero-order valence-electron chi connectivity index (χ0n) is 22.2. The molecule has 0 spiro atoms. The van der Waals surface area contributed by atoms with Crippen LogP contribution < -0.4 is 10.6 Å². The number of nitrogens with zero attached hydrogens (tertiary/aromatic N) is 1. The molecule has 0 unspecified atom stereocenters. The molecule has 0 saturated heterocycles. The topological polar surface area (TPSA) is 61.4 Å². The fourth-order valence-corrected chi connectivity index (χ4v) is 5.41. The number of nitrogens with one attached hydrogen (secondary N) is 2. The standard InChI is InChI=1S/C34H35N3O2/c38-33(25-29-17-10-18-32-31(29)19-21-35-32)36-22-24-37(34(39)28-15-8-3-9-16-28)23-20-30(26-11-4-1-5-12-26)27-13-6-2-7-14-27/h1-18,30,35H,19-25H2,(H,36,38). The van der Waals surface area contributed by atoms with Gasteiger partial charge in [0.1, 0.15) is 0 Å². The second-order valence-electron chi connectivity index (χ2n) is 9.97. The summed E-state index contributed by atoms with van der Waals surface area (Å²) >= 11 is 0. The summed E-state index contributed by atoms with van der Waals surface area (Å²) in [6, 6.07) is 36.4. The smallest absolute Gasteiger partial charge is 0.253 e. The summed E-state index contributed by atoms with van der Waals surface area (Å²) < 4.78 is 0. The Bertz CT molecular complexity index is 1330. The molecule has 0 aliphatic carbocycles. The first-order valence-electron chi connectivity index (χ1n) is 13.7. The number of amides is 2. The normalized spacial score (nSPS) is 12.0. The molecule has 5 heteroatoms. The second kappa shape index (κ2) is 12.9. The third-order valence-electron chi connectivity index (χ3n) is 7.42. The van der Waals surface area contributed by atoms with Crippen LogP contribution >= 0.6 is 0 Å². The summed E-state index contributed by atoms with van der Waals surface area (Å²) in [5.41, 5.74) is 6.56. The molecule has 4 aromatic rings. The predicted molar refractivity (Wildman–Crippen MR) is 157 cm³/mol. The Morgan fingerprint density at radius 1 is 0.769 bits per heavy atom. The van der Waals surface area contributed by atoms with Gasteiger partial charge in [-0.3, -0.25) is 9.59 Å². The van der Waals surface area contributed by atoms with Crippen molar-refractivity contribution in [1.29, 1.82) is 0 Å². The van der Waals surface area contributed by atoms with Crippen molar-refractivity contribution in [3.8, 4) is 0 Å². The van der Waals surface area contributed by atoms with Gasteiger partial charge >= 0.3 is 0 Å². The van der Waals surface area contributed by atoms with E-state index in [4.69, 9.17) is 0 Å². The first-order chi connectivity index (χ1) is 19.2. The van der Waals surface area contributed by atoms with Gasteiger partial charge in [0.25, 0.3) is 5.91 Å². The Morgan fingerprint density at radius 3 is 2.08 bits per heavy atom. The molecule has 198 valence electrons. The third-order valence-corrected chi connectivity index (χ3v) is 7.42. The third kappa shape index (κ3) is 6.74. The van der Waals surface area contributed by atoms with Gasteiger partial charge in [-0.15, -0.1) is 0 Å². The first kappa shape index (κ1) is 26.2. The maximum absolute atomic E-state index is 13.5. The van der Waals surface area contributed by atoms with Crippen LogP contribution in [0, 0.1) is 0 Å². The molecule has 5 rings (SSSR count). The summed E-state index contributed by atoms with van der Waals surface area (Å²) in [4.78, 5) is 28.2. The van der Waals surface area contributed by atoms with Gasteiger partial charge in [-0.1, -0.05) is 91.0 Å². The molecule has 0 aromatic heterocycles. The Balaban J connectivity index is 1.26. The highest BCUT2D eigenvalue weighted by Gasteiger charge is 2.21. The highest BCUT2D eigenvalue weighted by Crippen LogP contribution is 2.28. The predicted octanol–water partition coefficient (Wildman–Crippen LogP) is 5.68. The lowest BCUT2D eigenvalue weighted by atomic mass is 9.88. The van der Waals surface area contributed by atoms with Crippen LogP contribution in [0.5, 0.6) is 0 Å². The number of benzene rings is 4. The Morgan fingerprint density at radius 2 is 1.41 bits per heavy atom. The van der Waals surface area contributed by atoms with Crippen LogP contribution in [0.2, 0.25) is 0 Å². The second-order valence-corrected chi connectivity index (χ2v) is 9.97. The molecular weight excluding hydrogens is 482 g/mol. The van der Waals surface area contributed by atoms with E-state index in [9.17, 15) is 9.59 Å². The van der Waals surface area contributed by atoms with Crippen molar-refractivity contribution in [1.82, 2.24) is 10.2 Å². The maximum Gasteiger partial charge on any atom is 0.253 e. The van der Waals surface area contributed by atoms with Crippen LogP contribution in [0.3, 0.4) is 0 Å². The molecule has 0 saturated carbocycles. The van der Waals surface area contributed by atoms with Crippen molar-refractivity contribution in [2.24, 2.45) is 0 Å². The van der Waals surface area contributed by atoms with Gasteiger partial charge in [-0.05, 0) is 53.3 Å². The van der Waals surface area contributed by atoms with E-state index >= 15 is 0 Å². The van der Waals surface area contributed by atoms with Crippen LogP contribution in [0.15, 0.2) is 109 Å². The minimum atomic E-state index is -0.0196. The SMILES string of the molecule is O=C(Cc1cccc2c1CCN2)NCCN(CCC(c1ccccc1)c1ccccc1)C(=O)c1ccccc1. The molecule has 0 atom stereocenters. The molecule has 0 fully saturated rings. The van der Waals surface area contributed by atoms with Crippen LogP contribution in [0.4, 0.5) is 5.69 Å². The largest absolute Gasteiger partial charge is 0.384 e. The minimum absolute atomic E-state index is 0.0170. The zero-order chi connectivity index (χ0) is 26.9. The van der Waals surface area contributed by atoms with E-state index in [0.29, 0.717) is 31.6 Å². The van der Waals surface area contributed by atoms with Crippen molar-refractivity contribution in [3.05, 3.63) is 137 Å². The quantitative estimate of drug-likeness (QED) is 0.269. The van der Waals surface area contributed by atoms with Crippen LogP contribution in [-0.4, -0.2) is 42.9 Å². The average Bonchev–Trinajstić information content (AvgIpc) is 3.48. The van der Waals surface area contributed by atoms with Crippen molar-refractivity contribution in [2.45, 2.75) is 25.2 Å². The van der Waals surface area contributed by atoms with E-state index in [2.05, 4.69) is 65.2 Å². The number of anilines is 1. The van der Waals surface area contributed by atoms with E-state index < -0.39 is 0 Å².